The zero-order chi connectivity index (χ0) is 15.2. The van der Waals surface area contributed by atoms with Crippen LogP contribution in [0, 0.1) is 0 Å². The van der Waals surface area contributed by atoms with Crippen LogP contribution >= 0.6 is 0 Å². The summed E-state index contributed by atoms with van der Waals surface area (Å²) < 4.78 is 17.6. The molecular weight excluding hydrogens is 266 g/mol. The number of methoxy groups -OCH3 is 1. The summed E-state index contributed by atoms with van der Waals surface area (Å²) in [6.07, 6.45) is 2.62. The standard InChI is InChI=1S/C17H27NO3/c1-12-9-14(10-13(2)20-12)21-17(11-18-3)15-7-5-6-8-16(15)19-4/h5-8,12-14,17-18H,9-11H2,1-4H3. The Bertz CT molecular complexity index is 428. The van der Waals surface area contributed by atoms with Crippen LogP contribution in [-0.4, -0.2) is 39.0 Å². The van der Waals surface area contributed by atoms with E-state index in [1.807, 2.05) is 25.2 Å². The summed E-state index contributed by atoms with van der Waals surface area (Å²) in [7, 11) is 3.65. The molecule has 4 heteroatoms. The number of ether oxygens (including phenoxy) is 3. The average molecular weight is 293 g/mol. The Hall–Kier alpha value is -1.10. The molecule has 1 saturated heterocycles. The number of benzene rings is 1. The molecule has 118 valence electrons. The second kappa shape index (κ2) is 7.78. The van der Waals surface area contributed by atoms with Crippen molar-refractivity contribution in [2.24, 2.45) is 0 Å². The van der Waals surface area contributed by atoms with E-state index in [1.165, 1.54) is 0 Å². The summed E-state index contributed by atoms with van der Waals surface area (Å²) in [6.45, 7) is 4.99. The van der Waals surface area contributed by atoms with Crippen LogP contribution in [0.5, 0.6) is 5.75 Å². The molecule has 3 unspecified atom stereocenters. The molecule has 2 rings (SSSR count). The van der Waals surface area contributed by atoms with Gasteiger partial charge in [-0.25, -0.2) is 0 Å². The van der Waals surface area contributed by atoms with E-state index >= 15 is 0 Å². The second-order valence-corrected chi connectivity index (χ2v) is 5.78. The highest BCUT2D eigenvalue weighted by Crippen LogP contribution is 2.31. The maximum absolute atomic E-state index is 6.38. The van der Waals surface area contributed by atoms with Crippen molar-refractivity contribution in [3.63, 3.8) is 0 Å². The summed E-state index contributed by atoms with van der Waals surface area (Å²) in [5, 5.41) is 3.22. The predicted molar refractivity (Wildman–Crippen MR) is 83.8 cm³/mol. The third kappa shape index (κ3) is 4.43. The molecule has 1 aromatic rings. The molecule has 1 aliphatic rings. The lowest BCUT2D eigenvalue weighted by atomic mass is 10.0. The van der Waals surface area contributed by atoms with E-state index in [9.17, 15) is 0 Å². The van der Waals surface area contributed by atoms with E-state index in [1.54, 1.807) is 7.11 Å². The zero-order valence-corrected chi connectivity index (χ0v) is 13.5. The van der Waals surface area contributed by atoms with Crippen molar-refractivity contribution >= 4 is 0 Å². The first-order valence-corrected chi connectivity index (χ1v) is 7.72. The summed E-state index contributed by atoms with van der Waals surface area (Å²) in [6, 6.07) is 8.07. The Morgan fingerprint density at radius 2 is 1.90 bits per heavy atom. The third-order valence-corrected chi connectivity index (χ3v) is 3.89. The Morgan fingerprint density at radius 3 is 2.52 bits per heavy atom. The lowest BCUT2D eigenvalue weighted by Gasteiger charge is -2.34. The van der Waals surface area contributed by atoms with E-state index < -0.39 is 0 Å². The lowest BCUT2D eigenvalue weighted by molar-refractivity contribution is -0.122. The van der Waals surface area contributed by atoms with Crippen LogP contribution in [0.15, 0.2) is 24.3 Å². The van der Waals surface area contributed by atoms with Gasteiger partial charge < -0.3 is 19.5 Å². The van der Waals surface area contributed by atoms with Gasteiger partial charge in [-0.1, -0.05) is 18.2 Å². The van der Waals surface area contributed by atoms with Gasteiger partial charge in [0.05, 0.1) is 31.5 Å². The van der Waals surface area contributed by atoms with Crippen molar-refractivity contribution < 1.29 is 14.2 Å². The highest BCUT2D eigenvalue weighted by Gasteiger charge is 2.28. The van der Waals surface area contributed by atoms with Crippen molar-refractivity contribution in [1.82, 2.24) is 5.32 Å². The first-order valence-electron chi connectivity index (χ1n) is 7.72. The molecule has 3 atom stereocenters. The molecule has 0 radical (unpaired) electrons. The van der Waals surface area contributed by atoms with E-state index in [2.05, 4.69) is 25.2 Å². The van der Waals surface area contributed by atoms with Crippen LogP contribution in [0.1, 0.15) is 38.4 Å². The van der Waals surface area contributed by atoms with E-state index in [0.717, 1.165) is 30.7 Å². The third-order valence-electron chi connectivity index (χ3n) is 3.89. The number of nitrogens with one attached hydrogen (secondary N) is 1. The minimum atomic E-state index is -0.00588. The molecule has 1 aliphatic heterocycles. The molecule has 0 amide bonds. The van der Waals surface area contributed by atoms with Crippen LogP contribution in [0.4, 0.5) is 0 Å². The molecule has 0 saturated carbocycles. The molecule has 21 heavy (non-hydrogen) atoms. The van der Waals surface area contributed by atoms with Gasteiger partial charge in [0.25, 0.3) is 0 Å². The van der Waals surface area contributed by atoms with Gasteiger partial charge in [-0.05, 0) is 39.8 Å². The van der Waals surface area contributed by atoms with Gasteiger partial charge in [0.15, 0.2) is 0 Å². The number of hydrogen-bond acceptors (Lipinski definition) is 4. The zero-order valence-electron chi connectivity index (χ0n) is 13.5. The number of hydrogen-bond donors (Lipinski definition) is 1. The molecule has 0 aliphatic carbocycles. The number of para-hydroxylation sites is 1. The molecule has 1 N–H and O–H groups in total. The van der Waals surface area contributed by atoms with Crippen LogP contribution < -0.4 is 10.1 Å². The van der Waals surface area contributed by atoms with Gasteiger partial charge in [0, 0.05) is 12.1 Å². The normalized spacial score (nSPS) is 27.3. The van der Waals surface area contributed by atoms with Crippen LogP contribution in [-0.2, 0) is 9.47 Å². The molecule has 4 nitrogen and oxygen atoms in total. The maximum atomic E-state index is 6.38. The van der Waals surface area contributed by atoms with Gasteiger partial charge in [-0.3, -0.25) is 0 Å². The van der Waals surface area contributed by atoms with Crippen molar-refractivity contribution in [2.75, 3.05) is 20.7 Å². The fourth-order valence-electron chi connectivity index (χ4n) is 3.04. The van der Waals surface area contributed by atoms with Gasteiger partial charge in [-0.2, -0.15) is 0 Å². The van der Waals surface area contributed by atoms with Crippen molar-refractivity contribution in [2.45, 2.75) is 51.1 Å². The maximum Gasteiger partial charge on any atom is 0.124 e. The van der Waals surface area contributed by atoms with E-state index in [-0.39, 0.29) is 24.4 Å². The van der Waals surface area contributed by atoms with Crippen LogP contribution in [0.3, 0.4) is 0 Å². The summed E-state index contributed by atoms with van der Waals surface area (Å²) >= 11 is 0. The van der Waals surface area contributed by atoms with E-state index in [4.69, 9.17) is 14.2 Å². The largest absolute Gasteiger partial charge is 0.496 e. The minimum absolute atomic E-state index is 0.00588. The first kappa shape index (κ1) is 16.3. The SMILES string of the molecule is CNCC(OC1CC(C)OC(C)C1)c1ccccc1OC. The number of likely N-dealkylation sites (N-methyl/N-ethyl adjacent to an activating group) is 1. The Kier molecular flexibility index (Phi) is 6.03. The summed E-state index contributed by atoms with van der Waals surface area (Å²) in [5.74, 6) is 0.880. The quantitative estimate of drug-likeness (QED) is 0.875. The van der Waals surface area contributed by atoms with Crippen molar-refractivity contribution in [1.29, 1.82) is 0 Å². The monoisotopic (exact) mass is 293 g/mol. The average Bonchev–Trinajstić information content (AvgIpc) is 2.45. The fourth-order valence-corrected chi connectivity index (χ4v) is 3.04. The van der Waals surface area contributed by atoms with Gasteiger partial charge in [0.1, 0.15) is 5.75 Å². The highest BCUT2D eigenvalue weighted by atomic mass is 16.5. The first-order chi connectivity index (χ1) is 10.1. The lowest BCUT2D eigenvalue weighted by Crippen LogP contribution is -2.36. The summed E-state index contributed by atoms with van der Waals surface area (Å²) in [5.41, 5.74) is 1.10. The molecule has 0 spiro atoms. The van der Waals surface area contributed by atoms with E-state index in [0.29, 0.717) is 0 Å². The molecular formula is C17H27NO3. The van der Waals surface area contributed by atoms with Gasteiger partial charge >= 0.3 is 0 Å². The minimum Gasteiger partial charge on any atom is -0.496 e. The Balaban J connectivity index is 2.11. The Labute approximate surface area is 127 Å². The van der Waals surface area contributed by atoms with Crippen LogP contribution in [0.2, 0.25) is 0 Å². The number of rotatable bonds is 6. The molecule has 0 aromatic heterocycles. The van der Waals surface area contributed by atoms with Gasteiger partial charge in [-0.15, -0.1) is 0 Å². The van der Waals surface area contributed by atoms with Crippen LogP contribution in [0.25, 0.3) is 0 Å². The van der Waals surface area contributed by atoms with Crippen molar-refractivity contribution in [3.05, 3.63) is 29.8 Å². The topological polar surface area (TPSA) is 39.7 Å². The predicted octanol–water partition coefficient (Wildman–Crippen LogP) is 2.93. The smallest absolute Gasteiger partial charge is 0.124 e. The molecule has 1 aromatic carbocycles. The Morgan fingerprint density at radius 1 is 1.24 bits per heavy atom. The van der Waals surface area contributed by atoms with Crippen molar-refractivity contribution in [3.8, 4) is 5.75 Å². The molecule has 0 bridgehead atoms. The highest BCUT2D eigenvalue weighted by molar-refractivity contribution is 5.35. The fraction of sp³-hybridized carbons (Fsp3) is 0.647. The van der Waals surface area contributed by atoms with Gasteiger partial charge in [0.2, 0.25) is 0 Å². The molecule has 1 heterocycles. The summed E-state index contributed by atoms with van der Waals surface area (Å²) in [4.78, 5) is 0. The second-order valence-electron chi connectivity index (χ2n) is 5.78. The molecule has 1 fully saturated rings.